The Morgan fingerprint density at radius 1 is 0.643 bits per heavy atom. The first-order chi connectivity index (χ1) is 13.7. The van der Waals surface area contributed by atoms with Gasteiger partial charge in [0.15, 0.2) is 0 Å². The van der Waals surface area contributed by atoms with Crippen LogP contribution in [0.2, 0.25) is 0 Å². The number of nitrogen functional groups attached to an aromatic ring is 2. The molecule has 0 amide bonds. The molecule has 0 fully saturated rings. The zero-order valence-electron chi connectivity index (χ0n) is 15.4. The van der Waals surface area contributed by atoms with Gasteiger partial charge >= 0.3 is 0 Å². The summed E-state index contributed by atoms with van der Waals surface area (Å²) in [4.78, 5) is 14.0. The predicted molar refractivity (Wildman–Crippen MR) is 112 cm³/mol. The quantitative estimate of drug-likeness (QED) is 0.562. The van der Waals surface area contributed by atoms with Crippen LogP contribution in [-0.4, -0.2) is 15.0 Å². The lowest BCUT2D eigenvalue weighted by Crippen LogP contribution is -2.34. The van der Waals surface area contributed by atoms with Crippen molar-refractivity contribution in [2.75, 3.05) is 11.5 Å². The van der Waals surface area contributed by atoms with E-state index in [1.54, 1.807) is 18.3 Å². The van der Waals surface area contributed by atoms with Gasteiger partial charge in [-0.2, -0.15) is 0 Å². The maximum Gasteiger partial charge on any atom is 0.123 e. The van der Waals surface area contributed by atoms with Crippen molar-refractivity contribution in [3.05, 3.63) is 114 Å². The van der Waals surface area contributed by atoms with E-state index < -0.39 is 5.41 Å². The maximum atomic E-state index is 6.06. The first-order valence-corrected chi connectivity index (χ1v) is 9.10. The summed E-state index contributed by atoms with van der Waals surface area (Å²) in [5.74, 6) is 0.954. The number of hydrogen-bond donors (Lipinski definition) is 2. The van der Waals surface area contributed by atoms with Crippen LogP contribution >= 0.6 is 0 Å². The molecule has 5 nitrogen and oxygen atoms in total. The van der Waals surface area contributed by atoms with Crippen LogP contribution in [0.3, 0.4) is 0 Å². The fraction of sp³-hybridized carbons (Fsp3) is 0.0870. The van der Waals surface area contributed by atoms with Crippen LogP contribution in [0.1, 0.15) is 22.6 Å². The van der Waals surface area contributed by atoms with Gasteiger partial charge in [0, 0.05) is 18.3 Å². The third-order valence-corrected chi connectivity index (χ3v) is 4.85. The van der Waals surface area contributed by atoms with Gasteiger partial charge in [0.2, 0.25) is 0 Å². The first kappa shape index (κ1) is 17.7. The van der Waals surface area contributed by atoms with E-state index in [-0.39, 0.29) is 0 Å². The Morgan fingerprint density at radius 2 is 1.32 bits per heavy atom. The summed E-state index contributed by atoms with van der Waals surface area (Å²) >= 11 is 0. The molecule has 4 aromatic rings. The number of nitrogens with zero attached hydrogens (tertiary/aromatic N) is 3. The topological polar surface area (TPSA) is 90.7 Å². The van der Waals surface area contributed by atoms with Crippen molar-refractivity contribution >= 4 is 11.6 Å². The highest BCUT2D eigenvalue weighted by molar-refractivity contribution is 5.49. The Balaban J connectivity index is 2.02. The second kappa shape index (κ2) is 7.48. The van der Waals surface area contributed by atoms with Crippen molar-refractivity contribution in [3.8, 4) is 0 Å². The third-order valence-electron chi connectivity index (χ3n) is 4.85. The molecule has 28 heavy (non-hydrogen) atoms. The van der Waals surface area contributed by atoms with Crippen LogP contribution < -0.4 is 11.5 Å². The maximum absolute atomic E-state index is 6.06. The lowest BCUT2D eigenvalue weighted by molar-refractivity contribution is 0.567. The average Bonchev–Trinajstić information content (AvgIpc) is 2.73. The van der Waals surface area contributed by atoms with Gasteiger partial charge in [0.25, 0.3) is 0 Å². The fourth-order valence-corrected chi connectivity index (χ4v) is 3.61. The molecule has 1 atom stereocenters. The average molecular weight is 367 g/mol. The highest BCUT2D eigenvalue weighted by atomic mass is 14.9. The van der Waals surface area contributed by atoms with Crippen molar-refractivity contribution in [2.45, 2.75) is 11.8 Å². The van der Waals surface area contributed by atoms with E-state index in [2.05, 4.69) is 17.1 Å². The Bertz CT molecular complexity index is 1020. The summed E-state index contributed by atoms with van der Waals surface area (Å²) in [6.45, 7) is 0. The van der Waals surface area contributed by atoms with Gasteiger partial charge < -0.3 is 11.5 Å². The van der Waals surface area contributed by atoms with E-state index in [1.165, 1.54) is 0 Å². The zero-order valence-corrected chi connectivity index (χ0v) is 15.4. The molecule has 1 unspecified atom stereocenters. The molecule has 138 valence electrons. The Hall–Kier alpha value is -3.73. The molecule has 0 radical (unpaired) electrons. The lowest BCUT2D eigenvalue weighted by Gasteiger charge is -2.33. The number of aromatic nitrogens is 3. The Morgan fingerprint density at radius 3 is 2.00 bits per heavy atom. The predicted octanol–water partition coefficient (Wildman–Crippen LogP) is 3.61. The largest absolute Gasteiger partial charge is 0.384 e. The molecule has 3 aromatic heterocycles. The van der Waals surface area contributed by atoms with Gasteiger partial charge in [-0.05, 0) is 42.0 Å². The van der Waals surface area contributed by atoms with Crippen LogP contribution in [0.5, 0.6) is 0 Å². The van der Waals surface area contributed by atoms with Gasteiger partial charge in [0.1, 0.15) is 11.6 Å². The second-order valence-corrected chi connectivity index (χ2v) is 6.66. The number of hydrogen-bond acceptors (Lipinski definition) is 5. The molecule has 0 saturated heterocycles. The van der Waals surface area contributed by atoms with Crippen LogP contribution in [-0.2, 0) is 11.8 Å². The monoisotopic (exact) mass is 367 g/mol. The smallest absolute Gasteiger partial charge is 0.123 e. The van der Waals surface area contributed by atoms with Gasteiger partial charge in [-0.1, -0.05) is 48.5 Å². The van der Waals surface area contributed by atoms with E-state index >= 15 is 0 Å². The SMILES string of the molecule is Nc1cccc(CC(c2ccccc2)(c2ccccn2)c2cccc(N)n2)n1. The van der Waals surface area contributed by atoms with Crippen LogP contribution in [0.25, 0.3) is 0 Å². The van der Waals surface area contributed by atoms with Gasteiger partial charge in [-0.15, -0.1) is 0 Å². The van der Waals surface area contributed by atoms with Crippen LogP contribution in [0.4, 0.5) is 11.6 Å². The number of pyridine rings is 3. The molecule has 4 N–H and O–H groups in total. The van der Waals surface area contributed by atoms with Crippen molar-refractivity contribution in [2.24, 2.45) is 0 Å². The first-order valence-electron chi connectivity index (χ1n) is 9.10. The van der Waals surface area contributed by atoms with Crippen molar-refractivity contribution in [3.63, 3.8) is 0 Å². The summed E-state index contributed by atoms with van der Waals surface area (Å²) < 4.78 is 0. The minimum atomic E-state index is -0.654. The van der Waals surface area contributed by atoms with Crippen molar-refractivity contribution in [1.29, 1.82) is 0 Å². The highest BCUT2D eigenvalue weighted by Crippen LogP contribution is 2.40. The summed E-state index contributed by atoms with van der Waals surface area (Å²) in [6, 6.07) is 27.5. The summed E-state index contributed by atoms with van der Waals surface area (Å²) in [6.07, 6.45) is 2.35. The second-order valence-electron chi connectivity index (χ2n) is 6.66. The van der Waals surface area contributed by atoms with Crippen molar-refractivity contribution in [1.82, 2.24) is 15.0 Å². The fourth-order valence-electron chi connectivity index (χ4n) is 3.61. The molecule has 0 aliphatic carbocycles. The Labute approximate surface area is 164 Å². The summed E-state index contributed by atoms with van der Waals surface area (Å²) in [5.41, 5.74) is 15.0. The Kier molecular flexibility index (Phi) is 4.72. The number of anilines is 2. The molecule has 5 heteroatoms. The van der Waals surface area contributed by atoms with E-state index in [0.29, 0.717) is 18.1 Å². The standard InChI is InChI=1S/C23H21N5/c24-21-13-6-10-18(27-21)16-23(17-8-2-1-3-9-17,19-11-4-5-15-26-19)20-12-7-14-22(25)28-20/h1-15H,16H2,(H2,24,27)(H2,25,28). The minimum absolute atomic E-state index is 0.467. The molecular weight excluding hydrogens is 346 g/mol. The van der Waals surface area contributed by atoms with E-state index in [4.69, 9.17) is 21.4 Å². The van der Waals surface area contributed by atoms with E-state index in [1.807, 2.05) is 60.7 Å². The van der Waals surface area contributed by atoms with Gasteiger partial charge in [0.05, 0.1) is 16.8 Å². The number of rotatable bonds is 5. The molecule has 0 aliphatic rings. The number of nitrogens with two attached hydrogens (primary N) is 2. The minimum Gasteiger partial charge on any atom is -0.384 e. The summed E-state index contributed by atoms with van der Waals surface area (Å²) in [5, 5.41) is 0. The molecule has 0 bridgehead atoms. The zero-order chi connectivity index (χ0) is 19.4. The molecular formula is C23H21N5. The normalized spacial score (nSPS) is 13.0. The van der Waals surface area contributed by atoms with Crippen LogP contribution in [0, 0.1) is 0 Å². The van der Waals surface area contributed by atoms with Gasteiger partial charge in [-0.25, -0.2) is 9.97 Å². The molecule has 0 spiro atoms. The molecule has 4 rings (SSSR count). The molecule has 1 aromatic carbocycles. The third kappa shape index (κ3) is 3.30. The summed E-state index contributed by atoms with van der Waals surface area (Å²) in [7, 11) is 0. The molecule has 0 saturated carbocycles. The highest BCUT2D eigenvalue weighted by Gasteiger charge is 2.39. The van der Waals surface area contributed by atoms with E-state index in [9.17, 15) is 0 Å². The van der Waals surface area contributed by atoms with E-state index in [0.717, 1.165) is 22.6 Å². The lowest BCUT2D eigenvalue weighted by atomic mass is 9.70. The van der Waals surface area contributed by atoms with Crippen LogP contribution in [0.15, 0.2) is 91.1 Å². The van der Waals surface area contributed by atoms with Gasteiger partial charge in [-0.3, -0.25) is 4.98 Å². The molecule has 0 aliphatic heterocycles. The number of benzene rings is 1. The molecule has 3 heterocycles. The van der Waals surface area contributed by atoms with Crippen molar-refractivity contribution < 1.29 is 0 Å².